The van der Waals surface area contributed by atoms with E-state index in [1.165, 1.54) is 16.0 Å². The highest BCUT2D eigenvalue weighted by atomic mass is 35.5. The van der Waals surface area contributed by atoms with Gasteiger partial charge >= 0.3 is 0 Å². The van der Waals surface area contributed by atoms with Crippen molar-refractivity contribution in [2.24, 2.45) is 0 Å². The molecule has 1 aliphatic rings. The van der Waals surface area contributed by atoms with Crippen LogP contribution in [0.25, 0.3) is 11.8 Å². The second-order valence-electron chi connectivity index (χ2n) is 8.40. The summed E-state index contributed by atoms with van der Waals surface area (Å²) in [5, 5.41) is 3.18. The minimum atomic E-state index is -0.518. The van der Waals surface area contributed by atoms with E-state index in [9.17, 15) is 9.59 Å². The molecule has 5 nitrogen and oxygen atoms in total. The molecule has 2 amide bonds. The van der Waals surface area contributed by atoms with Gasteiger partial charge in [0, 0.05) is 22.1 Å². The van der Waals surface area contributed by atoms with E-state index >= 15 is 0 Å². The van der Waals surface area contributed by atoms with Gasteiger partial charge in [0.05, 0.1) is 5.69 Å². The normalized spacial score (nSPS) is 15.4. The van der Waals surface area contributed by atoms with Gasteiger partial charge in [-0.05, 0) is 105 Å². The minimum absolute atomic E-state index is 0.0148. The lowest BCUT2D eigenvalue weighted by molar-refractivity contribution is -0.122. The van der Waals surface area contributed by atoms with Gasteiger partial charge < -0.3 is 4.57 Å². The predicted molar refractivity (Wildman–Crippen MR) is 137 cm³/mol. The van der Waals surface area contributed by atoms with Crippen molar-refractivity contribution in [2.75, 3.05) is 4.90 Å². The van der Waals surface area contributed by atoms with E-state index in [-0.39, 0.29) is 10.7 Å². The summed E-state index contributed by atoms with van der Waals surface area (Å²) in [4.78, 5) is 27.4. The lowest BCUT2D eigenvalue weighted by Crippen LogP contribution is -2.54. The Kier molecular flexibility index (Phi) is 5.99. The van der Waals surface area contributed by atoms with Crippen LogP contribution in [0.3, 0.4) is 0 Å². The van der Waals surface area contributed by atoms with Crippen molar-refractivity contribution in [1.29, 1.82) is 0 Å². The molecule has 1 N–H and O–H groups in total. The maximum Gasteiger partial charge on any atom is 0.270 e. The van der Waals surface area contributed by atoms with E-state index in [2.05, 4.69) is 41.9 Å². The average Bonchev–Trinajstić information content (AvgIpc) is 3.00. The maximum absolute atomic E-state index is 13.4. The van der Waals surface area contributed by atoms with Crippen LogP contribution in [0.1, 0.15) is 33.6 Å². The van der Waals surface area contributed by atoms with Crippen LogP contribution in [0, 0.1) is 34.6 Å². The number of anilines is 1. The standard InChI is InChI=1S/C26H24ClN3O2S/c1-14-8-15(2)10-21(9-14)29-17(4)11-19(18(29)5)12-22-24(31)28-26(33)30(25(22)32)20-7-6-16(3)23(27)13-20/h6-13H,1-5H3,(H,28,31,33)/b22-12+. The molecule has 0 unspecified atom stereocenters. The van der Waals surface area contributed by atoms with Gasteiger partial charge in [0.15, 0.2) is 5.11 Å². The van der Waals surface area contributed by atoms with E-state index in [4.69, 9.17) is 23.8 Å². The lowest BCUT2D eigenvalue weighted by Gasteiger charge is -2.29. The first kappa shape index (κ1) is 23.0. The fraction of sp³-hybridized carbons (Fsp3) is 0.192. The number of carbonyl (C=O) groups excluding carboxylic acids is 2. The van der Waals surface area contributed by atoms with Crippen LogP contribution in [0.15, 0.2) is 48.0 Å². The van der Waals surface area contributed by atoms with Gasteiger partial charge in [-0.25, -0.2) is 0 Å². The monoisotopic (exact) mass is 477 g/mol. The van der Waals surface area contributed by atoms with Gasteiger partial charge in [-0.1, -0.05) is 23.7 Å². The fourth-order valence-corrected chi connectivity index (χ4v) is 4.63. The molecule has 2 heterocycles. The molecule has 2 aromatic carbocycles. The molecule has 4 rings (SSSR count). The highest BCUT2D eigenvalue weighted by molar-refractivity contribution is 7.80. The van der Waals surface area contributed by atoms with Crippen molar-refractivity contribution in [3.8, 4) is 5.69 Å². The van der Waals surface area contributed by atoms with E-state index in [0.717, 1.165) is 28.2 Å². The van der Waals surface area contributed by atoms with Crippen molar-refractivity contribution in [3.63, 3.8) is 0 Å². The molecule has 0 aliphatic carbocycles. The zero-order chi connectivity index (χ0) is 24.0. The SMILES string of the molecule is Cc1cc(C)cc(-n2c(C)cc(/C=C3\C(=O)NC(=S)N(c4ccc(C)c(Cl)c4)C3=O)c2C)c1. The minimum Gasteiger partial charge on any atom is -0.318 e. The summed E-state index contributed by atoms with van der Waals surface area (Å²) in [7, 11) is 0. The van der Waals surface area contributed by atoms with Crippen molar-refractivity contribution in [2.45, 2.75) is 34.6 Å². The Labute approximate surface area is 203 Å². The molecular weight excluding hydrogens is 454 g/mol. The first-order valence-electron chi connectivity index (χ1n) is 10.5. The highest BCUT2D eigenvalue weighted by Crippen LogP contribution is 2.29. The van der Waals surface area contributed by atoms with Crippen molar-refractivity contribution < 1.29 is 9.59 Å². The summed E-state index contributed by atoms with van der Waals surface area (Å²) in [5.41, 5.74) is 7.51. The van der Waals surface area contributed by atoms with Gasteiger partial charge in [0.2, 0.25) is 0 Å². The number of hydrogen-bond acceptors (Lipinski definition) is 3. The molecule has 7 heteroatoms. The number of aryl methyl sites for hydroxylation is 4. The van der Waals surface area contributed by atoms with Crippen LogP contribution in [-0.4, -0.2) is 21.5 Å². The number of nitrogens with zero attached hydrogens (tertiary/aromatic N) is 2. The quantitative estimate of drug-likeness (QED) is 0.307. The maximum atomic E-state index is 13.4. The van der Waals surface area contributed by atoms with Gasteiger partial charge in [0.1, 0.15) is 5.57 Å². The molecule has 33 heavy (non-hydrogen) atoms. The Morgan fingerprint density at radius 1 is 0.909 bits per heavy atom. The summed E-state index contributed by atoms with van der Waals surface area (Å²) in [6.07, 6.45) is 1.63. The van der Waals surface area contributed by atoms with E-state index in [1.54, 1.807) is 18.2 Å². The molecule has 0 bridgehead atoms. The third kappa shape index (κ3) is 4.24. The molecule has 1 fully saturated rings. The van der Waals surface area contributed by atoms with E-state index in [1.807, 2.05) is 32.9 Å². The second kappa shape index (κ2) is 8.61. The third-order valence-corrected chi connectivity index (χ3v) is 6.44. The number of carbonyl (C=O) groups is 2. The zero-order valence-corrected chi connectivity index (χ0v) is 20.7. The molecule has 0 saturated carbocycles. The van der Waals surface area contributed by atoms with Crippen LogP contribution in [0.5, 0.6) is 0 Å². The van der Waals surface area contributed by atoms with Gasteiger partial charge in [-0.15, -0.1) is 0 Å². The molecule has 0 atom stereocenters. The van der Waals surface area contributed by atoms with Crippen LogP contribution < -0.4 is 10.2 Å². The second-order valence-corrected chi connectivity index (χ2v) is 9.19. The lowest BCUT2D eigenvalue weighted by atomic mass is 10.1. The number of hydrogen-bond donors (Lipinski definition) is 1. The van der Waals surface area contributed by atoms with Crippen LogP contribution in [-0.2, 0) is 9.59 Å². The number of halogens is 1. The number of aromatic nitrogens is 1. The van der Waals surface area contributed by atoms with Crippen LogP contribution in [0.2, 0.25) is 5.02 Å². The molecule has 1 aromatic heterocycles. The largest absolute Gasteiger partial charge is 0.318 e. The predicted octanol–water partition coefficient (Wildman–Crippen LogP) is 5.50. The Bertz CT molecular complexity index is 1350. The molecule has 1 aliphatic heterocycles. The van der Waals surface area contributed by atoms with Crippen molar-refractivity contribution in [1.82, 2.24) is 9.88 Å². The molecular formula is C26H24ClN3O2S. The summed E-state index contributed by atoms with van der Waals surface area (Å²) < 4.78 is 2.12. The topological polar surface area (TPSA) is 54.3 Å². The van der Waals surface area contributed by atoms with Crippen LogP contribution in [0.4, 0.5) is 5.69 Å². The number of nitrogens with one attached hydrogen (secondary N) is 1. The van der Waals surface area contributed by atoms with Crippen molar-refractivity contribution >= 4 is 52.5 Å². The Balaban J connectivity index is 1.78. The summed E-state index contributed by atoms with van der Waals surface area (Å²) in [6, 6.07) is 13.6. The number of benzene rings is 2. The summed E-state index contributed by atoms with van der Waals surface area (Å²) >= 11 is 11.6. The summed E-state index contributed by atoms with van der Waals surface area (Å²) in [6.45, 7) is 9.98. The molecule has 3 aromatic rings. The van der Waals surface area contributed by atoms with Gasteiger partial charge in [0.25, 0.3) is 11.8 Å². The molecule has 0 spiro atoms. The molecule has 1 saturated heterocycles. The van der Waals surface area contributed by atoms with E-state index < -0.39 is 11.8 Å². The van der Waals surface area contributed by atoms with E-state index in [0.29, 0.717) is 10.7 Å². The van der Waals surface area contributed by atoms with Crippen LogP contribution >= 0.6 is 23.8 Å². The zero-order valence-electron chi connectivity index (χ0n) is 19.1. The Hall–Kier alpha value is -3.22. The molecule has 168 valence electrons. The Morgan fingerprint density at radius 2 is 1.58 bits per heavy atom. The number of thiocarbonyl (C=S) groups is 1. The number of rotatable bonds is 3. The smallest absolute Gasteiger partial charge is 0.270 e. The fourth-order valence-electron chi connectivity index (χ4n) is 4.18. The Morgan fingerprint density at radius 3 is 2.21 bits per heavy atom. The average molecular weight is 478 g/mol. The first-order chi connectivity index (χ1) is 15.6. The van der Waals surface area contributed by atoms with Crippen molar-refractivity contribution in [3.05, 3.63) is 86.7 Å². The highest BCUT2D eigenvalue weighted by Gasteiger charge is 2.35. The van der Waals surface area contributed by atoms with Gasteiger partial charge in [-0.2, -0.15) is 0 Å². The van der Waals surface area contributed by atoms with Gasteiger partial charge in [-0.3, -0.25) is 19.8 Å². The molecule has 0 radical (unpaired) electrons. The summed E-state index contributed by atoms with van der Waals surface area (Å²) in [5.74, 6) is -1.00. The first-order valence-corrected chi connectivity index (χ1v) is 11.3. The number of amides is 2. The third-order valence-electron chi connectivity index (χ3n) is 5.75.